The molecule has 18 heavy (non-hydrogen) atoms. The molecule has 0 spiro atoms. The van der Waals surface area contributed by atoms with Crippen LogP contribution in [0.3, 0.4) is 0 Å². The van der Waals surface area contributed by atoms with Crippen LogP contribution in [-0.4, -0.2) is 34.2 Å². The highest BCUT2D eigenvalue weighted by atomic mass is 16.2. The highest BCUT2D eigenvalue weighted by Gasteiger charge is 2.37. The molecule has 2 rings (SSSR count). The van der Waals surface area contributed by atoms with Gasteiger partial charge in [-0.05, 0) is 31.8 Å². The number of nitrogens with zero attached hydrogens (tertiary/aromatic N) is 2. The van der Waals surface area contributed by atoms with Crippen molar-refractivity contribution >= 4 is 5.91 Å². The zero-order valence-corrected chi connectivity index (χ0v) is 11.0. The SMILES string of the molecule is CC(C)(C(=O)NCc1ncn[nH]1)C1CCCNC1. The molecule has 1 amide bonds. The molecule has 1 aliphatic rings. The maximum atomic E-state index is 12.3. The summed E-state index contributed by atoms with van der Waals surface area (Å²) in [5, 5.41) is 12.8. The summed E-state index contributed by atoms with van der Waals surface area (Å²) >= 11 is 0. The van der Waals surface area contributed by atoms with Crippen molar-refractivity contribution in [2.45, 2.75) is 33.2 Å². The van der Waals surface area contributed by atoms with Crippen LogP contribution < -0.4 is 10.6 Å². The number of hydrogen-bond donors (Lipinski definition) is 3. The smallest absolute Gasteiger partial charge is 0.226 e. The third-order valence-electron chi connectivity index (χ3n) is 3.78. The lowest BCUT2D eigenvalue weighted by Gasteiger charge is -2.35. The van der Waals surface area contributed by atoms with E-state index in [1.54, 1.807) is 0 Å². The third kappa shape index (κ3) is 2.87. The Bertz CT molecular complexity index is 381. The van der Waals surface area contributed by atoms with Gasteiger partial charge in [0.25, 0.3) is 0 Å². The summed E-state index contributed by atoms with van der Waals surface area (Å²) in [6, 6.07) is 0. The van der Waals surface area contributed by atoms with Gasteiger partial charge in [-0.15, -0.1) is 0 Å². The highest BCUT2D eigenvalue weighted by molar-refractivity contribution is 5.82. The molecule has 1 unspecified atom stereocenters. The molecule has 100 valence electrons. The van der Waals surface area contributed by atoms with E-state index in [0.717, 1.165) is 25.9 Å². The Kier molecular flexibility index (Phi) is 3.96. The predicted molar refractivity (Wildman–Crippen MR) is 67.6 cm³/mol. The fourth-order valence-electron chi connectivity index (χ4n) is 2.36. The van der Waals surface area contributed by atoms with E-state index in [0.29, 0.717) is 18.3 Å². The van der Waals surface area contributed by atoms with Crippen LogP contribution in [0.2, 0.25) is 0 Å². The van der Waals surface area contributed by atoms with E-state index in [-0.39, 0.29) is 11.3 Å². The fourth-order valence-corrected chi connectivity index (χ4v) is 2.36. The van der Waals surface area contributed by atoms with Crippen molar-refractivity contribution in [1.82, 2.24) is 25.8 Å². The molecule has 1 fully saturated rings. The summed E-state index contributed by atoms with van der Waals surface area (Å²) in [6.45, 7) is 6.41. The predicted octanol–water partition coefficient (Wildman–Crippen LogP) is 0.447. The quantitative estimate of drug-likeness (QED) is 0.725. The summed E-state index contributed by atoms with van der Waals surface area (Å²) in [4.78, 5) is 16.2. The lowest BCUT2D eigenvalue weighted by Crippen LogP contribution is -2.47. The minimum Gasteiger partial charge on any atom is -0.348 e. The number of rotatable bonds is 4. The molecular weight excluding hydrogens is 230 g/mol. The van der Waals surface area contributed by atoms with Gasteiger partial charge in [0.05, 0.1) is 6.54 Å². The summed E-state index contributed by atoms with van der Waals surface area (Å²) < 4.78 is 0. The standard InChI is InChI=1S/C12H21N5O/c1-12(2,9-4-3-5-13-6-9)11(18)14-7-10-15-8-16-17-10/h8-9,13H,3-7H2,1-2H3,(H,14,18)(H,15,16,17). The molecule has 0 bridgehead atoms. The van der Waals surface area contributed by atoms with Gasteiger partial charge in [-0.1, -0.05) is 13.8 Å². The number of piperidine rings is 1. The normalized spacial score (nSPS) is 20.7. The van der Waals surface area contributed by atoms with Crippen molar-refractivity contribution in [2.75, 3.05) is 13.1 Å². The zero-order chi connectivity index (χ0) is 13.0. The topological polar surface area (TPSA) is 82.7 Å². The highest BCUT2D eigenvalue weighted by Crippen LogP contribution is 2.31. The second-order valence-electron chi connectivity index (χ2n) is 5.38. The van der Waals surface area contributed by atoms with E-state index in [9.17, 15) is 4.79 Å². The molecule has 2 heterocycles. The van der Waals surface area contributed by atoms with Gasteiger partial charge in [-0.25, -0.2) is 4.98 Å². The van der Waals surface area contributed by atoms with Gasteiger partial charge in [0.1, 0.15) is 12.2 Å². The molecule has 3 N–H and O–H groups in total. The second-order valence-corrected chi connectivity index (χ2v) is 5.38. The van der Waals surface area contributed by atoms with Crippen molar-refractivity contribution in [2.24, 2.45) is 11.3 Å². The number of carbonyl (C=O) groups excluding carboxylic acids is 1. The minimum absolute atomic E-state index is 0.0765. The Morgan fingerprint density at radius 2 is 2.44 bits per heavy atom. The first-order chi connectivity index (χ1) is 8.60. The Morgan fingerprint density at radius 1 is 1.61 bits per heavy atom. The van der Waals surface area contributed by atoms with Crippen molar-refractivity contribution in [3.8, 4) is 0 Å². The molecule has 0 saturated carbocycles. The molecule has 0 aliphatic carbocycles. The molecule has 0 radical (unpaired) electrons. The van der Waals surface area contributed by atoms with Gasteiger partial charge < -0.3 is 10.6 Å². The summed E-state index contributed by atoms with van der Waals surface area (Å²) in [5.74, 6) is 1.15. The van der Waals surface area contributed by atoms with Crippen molar-refractivity contribution in [1.29, 1.82) is 0 Å². The molecule has 1 aliphatic heterocycles. The summed E-state index contributed by atoms with van der Waals surface area (Å²) in [5.41, 5.74) is -0.354. The first-order valence-electron chi connectivity index (χ1n) is 6.44. The van der Waals surface area contributed by atoms with Crippen LogP contribution in [-0.2, 0) is 11.3 Å². The Morgan fingerprint density at radius 3 is 3.06 bits per heavy atom. The van der Waals surface area contributed by atoms with Crippen LogP contribution in [0.1, 0.15) is 32.5 Å². The van der Waals surface area contributed by atoms with Gasteiger partial charge >= 0.3 is 0 Å². The molecular formula is C12H21N5O. The van der Waals surface area contributed by atoms with Gasteiger partial charge in [0.2, 0.25) is 5.91 Å². The molecule has 1 atom stereocenters. The first kappa shape index (κ1) is 13.0. The number of nitrogens with one attached hydrogen (secondary N) is 3. The van der Waals surface area contributed by atoms with E-state index < -0.39 is 0 Å². The number of aromatic nitrogens is 3. The number of aromatic amines is 1. The van der Waals surface area contributed by atoms with E-state index in [1.165, 1.54) is 6.33 Å². The van der Waals surface area contributed by atoms with Crippen LogP contribution in [0.4, 0.5) is 0 Å². The third-order valence-corrected chi connectivity index (χ3v) is 3.78. The Balaban J connectivity index is 1.89. The van der Waals surface area contributed by atoms with E-state index >= 15 is 0 Å². The number of carbonyl (C=O) groups is 1. The van der Waals surface area contributed by atoms with Crippen molar-refractivity contribution in [3.05, 3.63) is 12.2 Å². The van der Waals surface area contributed by atoms with Gasteiger partial charge in [0.15, 0.2) is 0 Å². The Hall–Kier alpha value is -1.43. The average Bonchev–Trinajstić information content (AvgIpc) is 2.90. The fraction of sp³-hybridized carbons (Fsp3) is 0.750. The van der Waals surface area contributed by atoms with Gasteiger partial charge in [-0.2, -0.15) is 5.10 Å². The zero-order valence-electron chi connectivity index (χ0n) is 11.0. The molecule has 1 aromatic rings. The van der Waals surface area contributed by atoms with Crippen molar-refractivity contribution < 1.29 is 4.79 Å². The van der Waals surface area contributed by atoms with E-state index in [1.807, 2.05) is 13.8 Å². The number of H-pyrrole nitrogens is 1. The molecule has 0 aromatic carbocycles. The van der Waals surface area contributed by atoms with Crippen molar-refractivity contribution in [3.63, 3.8) is 0 Å². The van der Waals surface area contributed by atoms with Gasteiger partial charge in [0, 0.05) is 5.41 Å². The van der Waals surface area contributed by atoms with Crippen LogP contribution in [0.25, 0.3) is 0 Å². The lowest BCUT2D eigenvalue weighted by molar-refractivity contribution is -0.132. The van der Waals surface area contributed by atoms with Crippen LogP contribution in [0.5, 0.6) is 0 Å². The maximum absolute atomic E-state index is 12.3. The van der Waals surface area contributed by atoms with Crippen LogP contribution >= 0.6 is 0 Å². The number of amides is 1. The second kappa shape index (κ2) is 5.48. The van der Waals surface area contributed by atoms with Crippen LogP contribution in [0.15, 0.2) is 6.33 Å². The maximum Gasteiger partial charge on any atom is 0.226 e. The summed E-state index contributed by atoms with van der Waals surface area (Å²) in [6.07, 6.45) is 3.69. The molecule has 1 saturated heterocycles. The van der Waals surface area contributed by atoms with Crippen LogP contribution in [0, 0.1) is 11.3 Å². The largest absolute Gasteiger partial charge is 0.348 e. The number of hydrogen-bond acceptors (Lipinski definition) is 4. The monoisotopic (exact) mass is 251 g/mol. The summed E-state index contributed by atoms with van der Waals surface area (Å²) in [7, 11) is 0. The average molecular weight is 251 g/mol. The lowest BCUT2D eigenvalue weighted by atomic mass is 9.74. The van der Waals surface area contributed by atoms with E-state index in [2.05, 4.69) is 25.8 Å². The van der Waals surface area contributed by atoms with Gasteiger partial charge in [-0.3, -0.25) is 9.89 Å². The molecule has 6 nitrogen and oxygen atoms in total. The molecule has 6 heteroatoms. The first-order valence-corrected chi connectivity index (χ1v) is 6.44. The molecule has 1 aromatic heterocycles. The Labute approximate surface area is 107 Å². The van der Waals surface area contributed by atoms with E-state index in [4.69, 9.17) is 0 Å². The minimum atomic E-state index is -0.354.